The van der Waals surface area contributed by atoms with Gasteiger partial charge in [0.25, 0.3) is 0 Å². The van der Waals surface area contributed by atoms with Crippen molar-refractivity contribution >= 4 is 18.2 Å². The van der Waals surface area contributed by atoms with E-state index < -0.39 is 5.97 Å². The van der Waals surface area contributed by atoms with Crippen molar-refractivity contribution in [2.75, 3.05) is 0 Å². The van der Waals surface area contributed by atoms with E-state index in [1.165, 1.54) is 0 Å². The number of carboxylic acid groups (broad SMARTS) is 1. The lowest BCUT2D eigenvalue weighted by Crippen LogP contribution is -2.19. The molecule has 82 valence electrons. The first-order chi connectivity index (χ1) is 7.11. The van der Waals surface area contributed by atoms with Gasteiger partial charge in [0.2, 0.25) is 0 Å². The Kier molecular flexibility index (Phi) is 2.60. The molecule has 2 atom stereocenters. The molecule has 0 spiro atoms. The minimum Gasteiger partial charge on any atom is -0.481 e. The largest absolute Gasteiger partial charge is 0.481 e. The molecule has 2 rings (SSSR count). The lowest BCUT2D eigenvalue weighted by molar-refractivity contribution is -0.142. The Hall–Kier alpha value is -1.17. The normalized spacial score (nSPS) is 25.7. The molecule has 0 radical (unpaired) electrons. The predicted octanol–water partition coefficient (Wildman–Crippen LogP) is 1.45. The number of aromatic amines is 1. The topological polar surface area (TPSA) is 70.9 Å². The molecule has 0 unspecified atom stereocenters. The third-order valence-electron chi connectivity index (χ3n) is 3.08. The Morgan fingerprint density at radius 3 is 2.93 bits per heavy atom. The molecule has 1 aromatic heterocycles. The summed E-state index contributed by atoms with van der Waals surface area (Å²) < 4.78 is 2.31. The summed E-state index contributed by atoms with van der Waals surface area (Å²) in [6.07, 6.45) is 2.56. The van der Waals surface area contributed by atoms with Crippen LogP contribution in [0.5, 0.6) is 0 Å². The maximum Gasteiger partial charge on any atom is 0.307 e. The number of aromatic nitrogens is 3. The summed E-state index contributed by atoms with van der Waals surface area (Å²) in [5, 5.41) is 15.9. The fourth-order valence-electron chi connectivity index (χ4n) is 2.26. The molecule has 6 heteroatoms. The van der Waals surface area contributed by atoms with Gasteiger partial charge in [-0.15, -0.1) is 0 Å². The second-order valence-corrected chi connectivity index (χ2v) is 4.31. The van der Waals surface area contributed by atoms with Crippen LogP contribution in [0.3, 0.4) is 0 Å². The molecule has 1 aliphatic carbocycles. The van der Waals surface area contributed by atoms with Crippen LogP contribution in [0.4, 0.5) is 0 Å². The summed E-state index contributed by atoms with van der Waals surface area (Å²) in [5.41, 5.74) is 0. The Morgan fingerprint density at radius 1 is 1.67 bits per heavy atom. The van der Waals surface area contributed by atoms with Crippen molar-refractivity contribution in [2.24, 2.45) is 13.0 Å². The van der Waals surface area contributed by atoms with Gasteiger partial charge in [-0.25, -0.2) is 0 Å². The van der Waals surface area contributed by atoms with Crippen molar-refractivity contribution < 1.29 is 9.90 Å². The number of nitrogens with zero attached hydrogens (tertiary/aromatic N) is 2. The highest BCUT2D eigenvalue weighted by Gasteiger charge is 2.36. The third-order valence-corrected chi connectivity index (χ3v) is 3.44. The molecular weight excluding hydrogens is 214 g/mol. The van der Waals surface area contributed by atoms with Crippen LogP contribution in [0.25, 0.3) is 0 Å². The molecule has 1 saturated carbocycles. The predicted molar refractivity (Wildman–Crippen MR) is 56.1 cm³/mol. The van der Waals surface area contributed by atoms with Gasteiger partial charge in [0, 0.05) is 13.0 Å². The molecule has 5 nitrogen and oxygen atoms in total. The van der Waals surface area contributed by atoms with Crippen molar-refractivity contribution in [1.82, 2.24) is 14.8 Å². The van der Waals surface area contributed by atoms with E-state index >= 15 is 0 Å². The number of carboxylic acids is 1. The van der Waals surface area contributed by atoms with Gasteiger partial charge in [-0.3, -0.25) is 9.89 Å². The maximum atomic E-state index is 11.0. The van der Waals surface area contributed by atoms with E-state index in [4.69, 9.17) is 17.3 Å². The minimum atomic E-state index is -0.730. The van der Waals surface area contributed by atoms with Gasteiger partial charge in [-0.05, 0) is 25.1 Å². The molecule has 1 heterocycles. The van der Waals surface area contributed by atoms with Gasteiger partial charge >= 0.3 is 5.97 Å². The van der Waals surface area contributed by atoms with Crippen molar-refractivity contribution in [1.29, 1.82) is 0 Å². The fourth-order valence-corrected chi connectivity index (χ4v) is 2.39. The van der Waals surface area contributed by atoms with Gasteiger partial charge in [-0.1, -0.05) is 6.42 Å². The Morgan fingerprint density at radius 2 is 2.40 bits per heavy atom. The summed E-state index contributed by atoms with van der Waals surface area (Å²) in [6, 6.07) is 0. The SMILES string of the molecule is Cn1c([C@@H]2CCC[C@@H]2C(=O)O)n[nH]c1=S. The first-order valence-electron chi connectivity index (χ1n) is 4.95. The van der Waals surface area contributed by atoms with E-state index in [1.807, 2.05) is 7.05 Å². The minimum absolute atomic E-state index is 0.000417. The molecule has 0 aromatic carbocycles. The van der Waals surface area contributed by atoms with Crippen LogP contribution < -0.4 is 0 Å². The fraction of sp³-hybridized carbons (Fsp3) is 0.667. The first-order valence-corrected chi connectivity index (χ1v) is 5.36. The molecule has 0 saturated heterocycles. The molecule has 1 aliphatic rings. The number of aliphatic carboxylic acids is 1. The van der Waals surface area contributed by atoms with Crippen LogP contribution >= 0.6 is 12.2 Å². The molecule has 0 bridgehead atoms. The second kappa shape index (κ2) is 3.77. The van der Waals surface area contributed by atoms with Crippen LogP contribution in [-0.4, -0.2) is 25.8 Å². The van der Waals surface area contributed by atoms with E-state index in [1.54, 1.807) is 4.57 Å². The van der Waals surface area contributed by atoms with Gasteiger partial charge in [-0.2, -0.15) is 5.10 Å². The van der Waals surface area contributed by atoms with E-state index in [0.29, 0.717) is 4.77 Å². The highest BCUT2D eigenvalue weighted by Crippen LogP contribution is 2.38. The zero-order chi connectivity index (χ0) is 11.0. The molecule has 1 fully saturated rings. The Labute approximate surface area is 92.1 Å². The number of nitrogens with one attached hydrogen (secondary N) is 1. The van der Waals surface area contributed by atoms with Crippen molar-refractivity contribution in [2.45, 2.75) is 25.2 Å². The number of carbonyl (C=O) groups is 1. The van der Waals surface area contributed by atoms with E-state index in [-0.39, 0.29) is 11.8 Å². The van der Waals surface area contributed by atoms with Gasteiger partial charge in [0.15, 0.2) is 4.77 Å². The Balaban J connectivity index is 2.34. The average molecular weight is 227 g/mol. The second-order valence-electron chi connectivity index (χ2n) is 3.93. The van der Waals surface area contributed by atoms with Crippen LogP contribution in [0.2, 0.25) is 0 Å². The molecular formula is C9H13N3O2S. The highest BCUT2D eigenvalue weighted by molar-refractivity contribution is 7.71. The summed E-state index contributed by atoms with van der Waals surface area (Å²) >= 11 is 5.01. The summed E-state index contributed by atoms with van der Waals surface area (Å²) in [7, 11) is 1.82. The number of rotatable bonds is 2. The summed E-state index contributed by atoms with van der Waals surface area (Å²) in [5.74, 6) is -0.273. The van der Waals surface area contributed by atoms with Crippen LogP contribution in [0, 0.1) is 10.7 Å². The van der Waals surface area contributed by atoms with Crippen LogP contribution in [0.15, 0.2) is 0 Å². The van der Waals surface area contributed by atoms with Gasteiger partial charge in [0.05, 0.1) is 5.92 Å². The number of H-pyrrole nitrogens is 1. The number of hydrogen-bond acceptors (Lipinski definition) is 3. The summed E-state index contributed by atoms with van der Waals surface area (Å²) in [6.45, 7) is 0. The van der Waals surface area contributed by atoms with Crippen molar-refractivity contribution in [3.05, 3.63) is 10.6 Å². The zero-order valence-electron chi connectivity index (χ0n) is 8.43. The lowest BCUT2D eigenvalue weighted by atomic mass is 9.95. The zero-order valence-corrected chi connectivity index (χ0v) is 9.25. The van der Waals surface area contributed by atoms with E-state index in [2.05, 4.69) is 10.2 Å². The van der Waals surface area contributed by atoms with Crippen LogP contribution in [0.1, 0.15) is 31.0 Å². The van der Waals surface area contributed by atoms with Crippen molar-refractivity contribution in [3.63, 3.8) is 0 Å². The quantitative estimate of drug-likeness (QED) is 0.750. The first kappa shape index (κ1) is 10.4. The van der Waals surface area contributed by atoms with Gasteiger partial charge in [0.1, 0.15) is 5.82 Å². The summed E-state index contributed by atoms with van der Waals surface area (Å²) in [4.78, 5) is 11.0. The standard InChI is InChI=1S/C9H13N3O2S/c1-12-7(10-11-9(12)15)5-3-2-4-6(5)8(13)14/h5-6H,2-4H2,1H3,(H,11,15)(H,13,14)/t5-,6+/m1/s1. The van der Waals surface area contributed by atoms with E-state index in [9.17, 15) is 4.79 Å². The Bertz CT molecular complexity index is 437. The lowest BCUT2D eigenvalue weighted by Gasteiger charge is -2.14. The van der Waals surface area contributed by atoms with E-state index in [0.717, 1.165) is 25.1 Å². The smallest absolute Gasteiger partial charge is 0.307 e. The highest BCUT2D eigenvalue weighted by atomic mass is 32.1. The molecule has 1 aromatic rings. The van der Waals surface area contributed by atoms with Crippen LogP contribution in [-0.2, 0) is 11.8 Å². The maximum absolute atomic E-state index is 11.0. The third kappa shape index (κ3) is 1.69. The molecule has 2 N–H and O–H groups in total. The molecule has 0 aliphatic heterocycles. The van der Waals surface area contributed by atoms with Gasteiger partial charge < -0.3 is 9.67 Å². The molecule has 15 heavy (non-hydrogen) atoms. The van der Waals surface area contributed by atoms with Crippen molar-refractivity contribution in [3.8, 4) is 0 Å². The number of hydrogen-bond donors (Lipinski definition) is 2. The average Bonchev–Trinajstić information content (AvgIpc) is 2.75. The monoisotopic (exact) mass is 227 g/mol. The molecule has 0 amide bonds.